The maximum Gasteiger partial charge on any atom is 0.420 e. The first-order valence-electron chi connectivity index (χ1n) is 7.25. The summed E-state index contributed by atoms with van der Waals surface area (Å²) >= 11 is 0. The van der Waals surface area contributed by atoms with E-state index < -0.39 is 17.6 Å². The summed E-state index contributed by atoms with van der Waals surface area (Å²) in [7, 11) is 0. The van der Waals surface area contributed by atoms with Gasteiger partial charge in [0, 0.05) is 11.3 Å². The minimum Gasteiger partial charge on any atom is -0.490 e. The number of carbonyl (C=O) groups excluding carboxylic acids is 1. The fourth-order valence-corrected chi connectivity index (χ4v) is 2.09. The molecule has 126 valence electrons. The van der Waals surface area contributed by atoms with Gasteiger partial charge in [0.1, 0.15) is 18.5 Å². The Morgan fingerprint density at radius 3 is 2.54 bits per heavy atom. The van der Waals surface area contributed by atoms with E-state index in [0.29, 0.717) is 12.2 Å². The predicted octanol–water partition coefficient (Wildman–Crippen LogP) is 3.74. The minimum atomic E-state index is -4.59. The van der Waals surface area contributed by atoms with Crippen LogP contribution < -0.4 is 10.1 Å². The number of ether oxygens (including phenoxy) is 2. The molecule has 1 saturated heterocycles. The van der Waals surface area contributed by atoms with E-state index in [0.717, 1.165) is 6.07 Å². The van der Waals surface area contributed by atoms with Gasteiger partial charge in [0.25, 0.3) is 5.91 Å². The second-order valence-electron chi connectivity index (χ2n) is 5.30. The van der Waals surface area contributed by atoms with Crippen LogP contribution in [0.15, 0.2) is 48.5 Å². The van der Waals surface area contributed by atoms with E-state index in [9.17, 15) is 18.0 Å². The van der Waals surface area contributed by atoms with Crippen molar-refractivity contribution >= 4 is 11.6 Å². The van der Waals surface area contributed by atoms with Crippen molar-refractivity contribution < 1.29 is 27.4 Å². The lowest BCUT2D eigenvalue weighted by molar-refractivity contribution is -0.138. The summed E-state index contributed by atoms with van der Waals surface area (Å²) in [6, 6.07) is 11.7. The van der Waals surface area contributed by atoms with Crippen LogP contribution in [0.4, 0.5) is 18.9 Å². The van der Waals surface area contributed by atoms with Crippen molar-refractivity contribution in [3.63, 3.8) is 0 Å². The van der Waals surface area contributed by atoms with Crippen LogP contribution in [0.25, 0.3) is 0 Å². The first kappa shape index (κ1) is 16.3. The summed E-state index contributed by atoms with van der Waals surface area (Å²) in [5.74, 6) is -0.764. The van der Waals surface area contributed by atoms with E-state index >= 15 is 0 Å². The number of rotatable bonds is 5. The number of alkyl halides is 3. The lowest BCUT2D eigenvalue weighted by Gasteiger charge is -2.15. The molecule has 3 rings (SSSR count). The van der Waals surface area contributed by atoms with E-state index in [1.807, 2.05) is 0 Å². The van der Waals surface area contributed by atoms with E-state index in [-0.39, 0.29) is 24.1 Å². The zero-order chi connectivity index (χ0) is 17.2. The second-order valence-corrected chi connectivity index (χ2v) is 5.30. The Bertz CT molecular complexity index is 728. The first-order valence-corrected chi connectivity index (χ1v) is 7.25. The van der Waals surface area contributed by atoms with Gasteiger partial charge in [-0.15, -0.1) is 0 Å². The largest absolute Gasteiger partial charge is 0.490 e. The van der Waals surface area contributed by atoms with Gasteiger partial charge in [0.05, 0.1) is 12.2 Å². The lowest BCUT2D eigenvalue weighted by atomic mass is 10.1. The van der Waals surface area contributed by atoms with Gasteiger partial charge in [0.15, 0.2) is 0 Å². The second kappa shape index (κ2) is 6.52. The molecular formula is C17H14F3NO3. The van der Waals surface area contributed by atoms with Crippen LogP contribution in [0.2, 0.25) is 0 Å². The van der Waals surface area contributed by atoms with Gasteiger partial charge in [-0.2, -0.15) is 13.2 Å². The molecule has 2 aromatic rings. The highest BCUT2D eigenvalue weighted by Crippen LogP contribution is 2.38. The van der Waals surface area contributed by atoms with Gasteiger partial charge in [-0.05, 0) is 30.3 Å². The van der Waals surface area contributed by atoms with Gasteiger partial charge >= 0.3 is 6.18 Å². The molecule has 1 aliphatic rings. The van der Waals surface area contributed by atoms with Crippen molar-refractivity contribution in [1.82, 2.24) is 0 Å². The molecule has 1 unspecified atom stereocenters. The van der Waals surface area contributed by atoms with Gasteiger partial charge < -0.3 is 14.8 Å². The zero-order valence-electron chi connectivity index (χ0n) is 12.5. The molecular weight excluding hydrogens is 323 g/mol. The molecule has 0 aromatic heterocycles. The number of nitrogens with one attached hydrogen (secondary N) is 1. The maximum atomic E-state index is 13.2. The van der Waals surface area contributed by atoms with Gasteiger partial charge in [0.2, 0.25) is 0 Å². The molecule has 0 bridgehead atoms. The molecule has 4 nitrogen and oxygen atoms in total. The normalized spacial score (nSPS) is 16.5. The SMILES string of the molecule is O=C(Nc1ccc(OCC2CO2)c(C(F)(F)F)c1)c1ccccc1. The summed E-state index contributed by atoms with van der Waals surface area (Å²) in [4.78, 5) is 12.0. The van der Waals surface area contributed by atoms with Gasteiger partial charge in [-0.1, -0.05) is 18.2 Å². The summed E-state index contributed by atoms with van der Waals surface area (Å²) in [5.41, 5.74) is -0.530. The van der Waals surface area contributed by atoms with Crippen LogP contribution in [-0.4, -0.2) is 25.2 Å². The third-order valence-corrected chi connectivity index (χ3v) is 3.41. The van der Waals surface area contributed by atoms with Crippen molar-refractivity contribution in [1.29, 1.82) is 0 Å². The van der Waals surface area contributed by atoms with Crippen molar-refractivity contribution in [3.05, 3.63) is 59.7 Å². The molecule has 24 heavy (non-hydrogen) atoms. The predicted molar refractivity (Wildman–Crippen MR) is 81.1 cm³/mol. The Balaban J connectivity index is 1.79. The molecule has 0 spiro atoms. The van der Waals surface area contributed by atoms with E-state index in [1.165, 1.54) is 12.1 Å². The molecule has 0 saturated carbocycles. The smallest absolute Gasteiger partial charge is 0.420 e. The molecule has 0 radical (unpaired) electrons. The number of hydrogen-bond donors (Lipinski definition) is 1. The van der Waals surface area contributed by atoms with Crippen LogP contribution in [0.5, 0.6) is 5.75 Å². The Hall–Kier alpha value is -2.54. The van der Waals surface area contributed by atoms with Gasteiger partial charge in [-0.25, -0.2) is 0 Å². The number of hydrogen-bond acceptors (Lipinski definition) is 3. The van der Waals surface area contributed by atoms with E-state index in [4.69, 9.17) is 9.47 Å². The van der Waals surface area contributed by atoms with E-state index in [2.05, 4.69) is 5.32 Å². The first-order chi connectivity index (χ1) is 11.4. The molecule has 0 aliphatic carbocycles. The molecule has 1 aliphatic heterocycles. The quantitative estimate of drug-likeness (QED) is 0.846. The highest BCUT2D eigenvalue weighted by Gasteiger charge is 2.35. The third-order valence-electron chi connectivity index (χ3n) is 3.41. The van der Waals surface area contributed by atoms with E-state index in [1.54, 1.807) is 30.3 Å². The van der Waals surface area contributed by atoms with Crippen LogP contribution in [0.3, 0.4) is 0 Å². The molecule has 1 heterocycles. The average Bonchev–Trinajstić information content (AvgIpc) is 3.38. The Kier molecular flexibility index (Phi) is 4.44. The minimum absolute atomic E-state index is 0.0474. The highest BCUT2D eigenvalue weighted by atomic mass is 19.4. The number of halogens is 3. The Morgan fingerprint density at radius 2 is 1.92 bits per heavy atom. The third kappa shape index (κ3) is 4.05. The number of amides is 1. The molecule has 1 atom stereocenters. The van der Waals surface area contributed by atoms with Crippen molar-refractivity contribution in [3.8, 4) is 5.75 Å². The molecule has 7 heteroatoms. The van der Waals surface area contributed by atoms with Crippen LogP contribution >= 0.6 is 0 Å². The molecule has 2 aromatic carbocycles. The summed E-state index contributed by atoms with van der Waals surface area (Å²) in [6.45, 7) is 0.561. The Labute approximate surface area is 136 Å². The van der Waals surface area contributed by atoms with Crippen LogP contribution in [-0.2, 0) is 10.9 Å². The van der Waals surface area contributed by atoms with Crippen molar-refractivity contribution in [2.75, 3.05) is 18.5 Å². The summed E-state index contributed by atoms with van der Waals surface area (Å²) < 4.78 is 49.7. The highest BCUT2D eigenvalue weighted by molar-refractivity contribution is 6.04. The zero-order valence-corrected chi connectivity index (χ0v) is 12.5. The Morgan fingerprint density at radius 1 is 1.21 bits per heavy atom. The van der Waals surface area contributed by atoms with Gasteiger partial charge in [-0.3, -0.25) is 4.79 Å². The summed E-state index contributed by atoms with van der Waals surface area (Å²) in [5, 5.41) is 2.46. The van der Waals surface area contributed by atoms with Crippen molar-refractivity contribution in [2.45, 2.75) is 12.3 Å². The monoisotopic (exact) mass is 337 g/mol. The number of anilines is 1. The lowest BCUT2D eigenvalue weighted by Crippen LogP contribution is -2.15. The standard InChI is InChI=1S/C17H14F3NO3/c18-17(19,20)14-8-12(6-7-15(14)24-10-13-9-23-13)21-16(22)11-4-2-1-3-5-11/h1-8,13H,9-10H2,(H,21,22). The molecule has 1 fully saturated rings. The number of epoxide rings is 1. The number of carbonyl (C=O) groups is 1. The maximum absolute atomic E-state index is 13.2. The molecule has 1 N–H and O–H groups in total. The fourth-order valence-electron chi connectivity index (χ4n) is 2.09. The van der Waals surface area contributed by atoms with Crippen LogP contribution in [0.1, 0.15) is 15.9 Å². The number of benzene rings is 2. The fraction of sp³-hybridized carbons (Fsp3) is 0.235. The van der Waals surface area contributed by atoms with Crippen molar-refractivity contribution in [2.24, 2.45) is 0 Å². The topological polar surface area (TPSA) is 50.9 Å². The average molecular weight is 337 g/mol. The van der Waals surface area contributed by atoms with Crippen LogP contribution in [0, 0.1) is 0 Å². The summed E-state index contributed by atoms with van der Waals surface area (Å²) in [6.07, 6.45) is -4.74. The molecule has 1 amide bonds.